The zero-order valence-corrected chi connectivity index (χ0v) is 25.7. The van der Waals surface area contributed by atoms with Crippen LogP contribution in [0, 0.1) is 46.8 Å². The fourth-order valence-corrected chi connectivity index (χ4v) is 8.62. The van der Waals surface area contributed by atoms with Gasteiger partial charge in [-0.3, -0.25) is 19.2 Å². The molecule has 0 aromatic heterocycles. The standard InChI is InChI=1S/C32H19Cl2F5N2O7/c1-48-30(47)41-26(43)14-9-8-13-16(17(14)27(41)44)10-31(33)28(45)40(24-22(38)20(36)19(35)21(37)23(24)39)29(46)32(31,34)18(13)15-7-6-11-4-2-3-5-12(11)25(15)42/h2-8,14,16-18,42H,9-10H2,1H3. The minimum Gasteiger partial charge on any atom is -0.507 e. The number of allylic oxidation sites excluding steroid dienone is 2. The average Bonchev–Trinajstić information content (AvgIpc) is 3.41. The molecule has 1 N–H and O–H groups in total. The maximum Gasteiger partial charge on any atom is 0.423 e. The van der Waals surface area contributed by atoms with E-state index in [1.54, 1.807) is 18.2 Å². The van der Waals surface area contributed by atoms with Crippen molar-refractivity contribution in [2.45, 2.75) is 28.5 Å². The molecule has 0 spiro atoms. The number of alkyl halides is 2. The summed E-state index contributed by atoms with van der Waals surface area (Å²) in [6.07, 6.45) is -0.792. The third kappa shape index (κ3) is 3.75. The molecule has 3 fully saturated rings. The Balaban J connectivity index is 1.49. The van der Waals surface area contributed by atoms with Crippen molar-refractivity contribution < 1.29 is 55.8 Å². The van der Waals surface area contributed by atoms with E-state index in [-0.39, 0.29) is 27.8 Å². The summed E-state index contributed by atoms with van der Waals surface area (Å²) in [5, 5.41) is 12.3. The van der Waals surface area contributed by atoms with Gasteiger partial charge in [0.25, 0.3) is 11.8 Å². The summed E-state index contributed by atoms with van der Waals surface area (Å²) >= 11 is 14.1. The van der Waals surface area contributed by atoms with Crippen molar-refractivity contribution in [3.05, 3.63) is 82.7 Å². The van der Waals surface area contributed by atoms with E-state index >= 15 is 8.78 Å². The van der Waals surface area contributed by atoms with E-state index < -0.39 is 110 Å². The molecule has 2 aliphatic heterocycles. The van der Waals surface area contributed by atoms with Crippen LogP contribution in [0.4, 0.5) is 32.4 Å². The van der Waals surface area contributed by atoms with E-state index in [1.165, 1.54) is 24.3 Å². The van der Waals surface area contributed by atoms with Crippen LogP contribution in [-0.2, 0) is 23.9 Å². The summed E-state index contributed by atoms with van der Waals surface area (Å²) in [6, 6.07) is 9.30. The summed E-state index contributed by atoms with van der Waals surface area (Å²) in [5.41, 5.74) is -1.94. The molecule has 0 bridgehead atoms. The molecule has 0 radical (unpaired) electrons. The lowest BCUT2D eigenvalue weighted by atomic mass is 9.56. The number of aromatic hydroxyl groups is 1. The van der Waals surface area contributed by atoms with Gasteiger partial charge in [-0.05, 0) is 24.1 Å². The van der Waals surface area contributed by atoms with Crippen molar-refractivity contribution in [3.63, 3.8) is 0 Å². The molecule has 3 aromatic rings. The molecule has 4 aliphatic rings. The number of halogens is 7. The van der Waals surface area contributed by atoms with E-state index in [2.05, 4.69) is 4.74 Å². The highest BCUT2D eigenvalue weighted by Crippen LogP contribution is 2.67. The lowest BCUT2D eigenvalue weighted by Crippen LogP contribution is -2.60. The van der Waals surface area contributed by atoms with E-state index in [4.69, 9.17) is 23.2 Å². The number of methoxy groups -OCH3 is 1. The first kappa shape index (κ1) is 32.0. The Morgan fingerprint density at radius 1 is 0.875 bits per heavy atom. The van der Waals surface area contributed by atoms with Gasteiger partial charge in [0.15, 0.2) is 33.0 Å². The van der Waals surface area contributed by atoms with Crippen molar-refractivity contribution in [1.29, 1.82) is 0 Å². The third-order valence-corrected chi connectivity index (χ3v) is 11.2. The number of likely N-dealkylation sites (tertiary alicyclic amines) is 1. The van der Waals surface area contributed by atoms with Gasteiger partial charge in [0, 0.05) is 16.9 Å². The first-order valence-corrected chi connectivity index (χ1v) is 15.0. The molecule has 2 heterocycles. The molecule has 48 heavy (non-hydrogen) atoms. The number of amides is 5. The number of benzene rings is 3. The van der Waals surface area contributed by atoms with Crippen molar-refractivity contribution in [1.82, 2.24) is 4.90 Å². The molecule has 2 saturated heterocycles. The molecule has 5 amide bonds. The predicted molar refractivity (Wildman–Crippen MR) is 156 cm³/mol. The van der Waals surface area contributed by atoms with Crippen molar-refractivity contribution in [2.75, 3.05) is 12.0 Å². The van der Waals surface area contributed by atoms with Crippen molar-refractivity contribution >= 4 is 69.4 Å². The molecule has 6 unspecified atom stereocenters. The molecule has 16 heteroatoms. The quantitative estimate of drug-likeness (QED) is 0.0923. The first-order chi connectivity index (χ1) is 22.6. The summed E-state index contributed by atoms with van der Waals surface area (Å²) in [6.45, 7) is 0. The van der Waals surface area contributed by atoms with E-state index in [1.807, 2.05) is 0 Å². The van der Waals surface area contributed by atoms with Gasteiger partial charge in [-0.15, -0.1) is 23.2 Å². The van der Waals surface area contributed by atoms with Gasteiger partial charge in [-0.25, -0.2) is 31.6 Å². The SMILES string of the molecule is COC(=O)N1C(=O)C2CC=C3C(CC4(Cl)C(=O)N(c5c(F)c(F)c(F)c(F)c5F)C(=O)C4(Cl)C3c3ccc4ccccc4c3O)C2C1=O. The number of hydrogen-bond donors (Lipinski definition) is 1. The molecule has 7 rings (SSSR count). The summed E-state index contributed by atoms with van der Waals surface area (Å²) in [5.74, 6) is -23.7. The number of carbonyl (C=O) groups is 5. The predicted octanol–water partition coefficient (Wildman–Crippen LogP) is 5.57. The number of imide groups is 4. The number of ether oxygens (including phenoxy) is 1. The third-order valence-electron chi connectivity index (χ3n) is 9.82. The Kier molecular flexibility index (Phi) is 6.98. The number of nitrogens with zero attached hydrogens (tertiary/aromatic N) is 2. The van der Waals surface area contributed by atoms with Gasteiger partial charge < -0.3 is 9.84 Å². The molecular formula is C32H19Cl2F5N2O7. The zero-order chi connectivity index (χ0) is 34.8. The Morgan fingerprint density at radius 2 is 1.50 bits per heavy atom. The van der Waals surface area contributed by atoms with Gasteiger partial charge in [-0.1, -0.05) is 48.0 Å². The average molecular weight is 709 g/mol. The second-order valence-electron chi connectivity index (χ2n) is 11.9. The second kappa shape index (κ2) is 10.5. The highest BCUT2D eigenvalue weighted by atomic mass is 35.5. The Bertz CT molecular complexity index is 2070. The minimum atomic E-state index is -2.81. The number of rotatable bonds is 2. The van der Waals surface area contributed by atoms with E-state index in [9.17, 15) is 42.3 Å². The summed E-state index contributed by atoms with van der Waals surface area (Å²) in [7, 11) is 0.945. The highest BCUT2D eigenvalue weighted by molar-refractivity contribution is 6.58. The minimum absolute atomic E-state index is 0.112. The topological polar surface area (TPSA) is 121 Å². The van der Waals surface area contributed by atoms with Crippen LogP contribution in [-0.4, -0.2) is 56.6 Å². The highest BCUT2D eigenvalue weighted by Gasteiger charge is 2.77. The Labute approximate surface area is 276 Å². The first-order valence-electron chi connectivity index (χ1n) is 14.3. The number of hydrogen-bond acceptors (Lipinski definition) is 7. The van der Waals surface area contributed by atoms with Crippen LogP contribution in [0.15, 0.2) is 48.0 Å². The Hall–Kier alpha value is -4.56. The molecule has 3 aromatic carbocycles. The Morgan fingerprint density at radius 3 is 2.15 bits per heavy atom. The van der Waals surface area contributed by atoms with Crippen LogP contribution >= 0.6 is 23.2 Å². The van der Waals surface area contributed by atoms with Crippen molar-refractivity contribution in [3.8, 4) is 5.75 Å². The number of phenolic OH excluding ortho intramolecular Hbond substituents is 1. The van der Waals surface area contributed by atoms with Crippen LogP contribution in [0.5, 0.6) is 5.75 Å². The summed E-state index contributed by atoms with van der Waals surface area (Å²) in [4.78, 5) is 62.3. The molecule has 2 aliphatic carbocycles. The van der Waals surface area contributed by atoms with Crippen molar-refractivity contribution in [2.24, 2.45) is 17.8 Å². The molecule has 1 saturated carbocycles. The molecular weight excluding hydrogens is 690 g/mol. The maximum atomic E-state index is 15.2. The lowest BCUT2D eigenvalue weighted by molar-refractivity contribution is -0.138. The molecule has 248 valence electrons. The number of anilines is 1. The van der Waals surface area contributed by atoms with Gasteiger partial charge in [-0.2, -0.15) is 4.90 Å². The van der Waals surface area contributed by atoms with Crippen LogP contribution in [0.2, 0.25) is 0 Å². The normalized spacial score (nSPS) is 29.6. The van der Waals surface area contributed by atoms with E-state index in [0.717, 1.165) is 7.11 Å². The second-order valence-corrected chi connectivity index (χ2v) is 13.1. The van der Waals surface area contributed by atoms with Crippen LogP contribution in [0.1, 0.15) is 24.3 Å². The van der Waals surface area contributed by atoms with Gasteiger partial charge in [0.05, 0.1) is 18.9 Å². The molecule has 9 nitrogen and oxygen atoms in total. The largest absolute Gasteiger partial charge is 0.507 e. The number of phenols is 1. The maximum absolute atomic E-state index is 15.2. The van der Waals surface area contributed by atoms with E-state index in [0.29, 0.717) is 10.3 Å². The van der Waals surface area contributed by atoms with Crippen LogP contribution in [0.25, 0.3) is 10.8 Å². The fourth-order valence-electron chi connectivity index (χ4n) is 7.69. The van der Waals surface area contributed by atoms with Gasteiger partial charge >= 0.3 is 6.09 Å². The fraction of sp³-hybridized carbons (Fsp3) is 0.281. The summed E-state index contributed by atoms with van der Waals surface area (Å²) < 4.78 is 77.7. The zero-order valence-electron chi connectivity index (χ0n) is 24.2. The monoisotopic (exact) mass is 708 g/mol. The molecule has 6 atom stereocenters. The number of carbonyl (C=O) groups excluding carboxylic acids is 5. The smallest absolute Gasteiger partial charge is 0.423 e. The van der Waals surface area contributed by atoms with Gasteiger partial charge in [0.2, 0.25) is 17.6 Å². The van der Waals surface area contributed by atoms with Crippen LogP contribution < -0.4 is 4.90 Å². The van der Waals surface area contributed by atoms with Crippen LogP contribution in [0.3, 0.4) is 0 Å². The lowest BCUT2D eigenvalue weighted by Gasteiger charge is -2.50. The number of fused-ring (bicyclic) bond motifs is 5. The van der Waals surface area contributed by atoms with Gasteiger partial charge in [0.1, 0.15) is 11.4 Å².